The van der Waals surface area contributed by atoms with E-state index in [0.29, 0.717) is 0 Å². The van der Waals surface area contributed by atoms with Gasteiger partial charge in [-0.25, -0.2) is 9.18 Å². The van der Waals surface area contributed by atoms with E-state index in [0.717, 1.165) is 4.90 Å². The Balaban J connectivity index is 2.69. The Morgan fingerprint density at radius 1 is 1.82 bits per heavy atom. The van der Waals surface area contributed by atoms with E-state index in [1.165, 1.54) is 6.20 Å². The molecule has 0 aromatic heterocycles. The average Bonchev–Trinajstić information content (AvgIpc) is 2.34. The van der Waals surface area contributed by atoms with E-state index in [1.54, 1.807) is 13.0 Å². The highest BCUT2D eigenvalue weighted by Crippen LogP contribution is 2.13. The lowest BCUT2D eigenvalue weighted by atomic mass is 10.5. The van der Waals surface area contributed by atoms with Crippen LogP contribution in [-0.4, -0.2) is 23.8 Å². The molecule has 2 amide bonds. The van der Waals surface area contributed by atoms with Gasteiger partial charge >= 0.3 is 6.03 Å². The summed E-state index contributed by atoms with van der Waals surface area (Å²) in [6, 6.07) is -0.509. The predicted molar refractivity (Wildman–Crippen MR) is 36.7 cm³/mol. The van der Waals surface area contributed by atoms with Crippen LogP contribution in [0.3, 0.4) is 0 Å². The molecule has 0 fully saturated rings. The Bertz CT molecular complexity index is 214. The highest BCUT2D eigenvalue weighted by molar-refractivity contribution is 5.77. The molecule has 0 aromatic carbocycles. The Morgan fingerprint density at radius 2 is 2.55 bits per heavy atom. The van der Waals surface area contributed by atoms with Crippen molar-refractivity contribution in [1.82, 2.24) is 4.90 Å². The number of carbonyl (C=O) groups excluding carboxylic acids is 1. The molecule has 0 bridgehead atoms. The summed E-state index contributed by atoms with van der Waals surface area (Å²) in [5.41, 5.74) is 0. The molecule has 0 aliphatic carbocycles. The topological polar surface area (TPSA) is 45.0 Å². The van der Waals surface area contributed by atoms with Gasteiger partial charge in [-0.3, -0.25) is 4.90 Å². The van der Waals surface area contributed by atoms with E-state index in [1.807, 2.05) is 0 Å². The number of allylic oxidation sites excluding steroid dienone is 1. The van der Waals surface area contributed by atoms with E-state index in [-0.39, 0.29) is 0 Å². The van der Waals surface area contributed by atoms with Gasteiger partial charge in [0.15, 0.2) is 6.17 Å². The molecular formula is C6H8FN3O. The lowest BCUT2D eigenvalue weighted by molar-refractivity contribution is 0.214. The molecule has 0 spiro atoms. The lowest BCUT2D eigenvalue weighted by Gasteiger charge is -2.12. The molecule has 1 aliphatic rings. The second kappa shape index (κ2) is 3.23. The summed E-state index contributed by atoms with van der Waals surface area (Å²) < 4.78 is 12.1. The van der Waals surface area contributed by atoms with Crippen molar-refractivity contribution in [2.45, 2.75) is 13.1 Å². The average molecular weight is 157 g/mol. The van der Waals surface area contributed by atoms with Crippen LogP contribution in [0.15, 0.2) is 22.5 Å². The minimum atomic E-state index is -0.751. The maximum atomic E-state index is 12.1. The predicted octanol–water partition coefficient (Wildman–Crippen LogP) is 1.70. The molecule has 0 saturated carbocycles. The molecule has 1 atom stereocenters. The van der Waals surface area contributed by atoms with Gasteiger partial charge in [-0.2, -0.15) is 5.11 Å². The molecule has 0 saturated heterocycles. The highest BCUT2D eigenvalue weighted by Gasteiger charge is 2.26. The number of alkyl halides is 1. The molecule has 1 unspecified atom stereocenters. The first-order valence-electron chi connectivity index (χ1n) is 3.21. The summed E-state index contributed by atoms with van der Waals surface area (Å²) in [6.07, 6.45) is 2.35. The van der Waals surface area contributed by atoms with Gasteiger partial charge in [0.2, 0.25) is 0 Å². The fourth-order valence-corrected chi connectivity index (χ4v) is 0.780. The molecule has 60 valence electrons. The number of halogens is 1. The standard InChI is InChI=1S/C6H8FN3O/c1-2-3-10-5(4-7)8-9-6(10)11/h2-3,5H,4H2,1H3. The zero-order chi connectivity index (χ0) is 8.27. The Labute approximate surface area is 63.4 Å². The maximum absolute atomic E-state index is 12.1. The molecule has 0 N–H and O–H groups in total. The first-order chi connectivity index (χ1) is 5.29. The minimum Gasteiger partial charge on any atom is -0.271 e. The monoisotopic (exact) mass is 157 g/mol. The van der Waals surface area contributed by atoms with Crippen LogP contribution in [-0.2, 0) is 0 Å². The number of amides is 2. The van der Waals surface area contributed by atoms with Crippen molar-refractivity contribution >= 4 is 6.03 Å². The number of nitrogens with zero attached hydrogens (tertiary/aromatic N) is 3. The Hall–Kier alpha value is -1.26. The second-order valence-corrected chi connectivity index (χ2v) is 2.02. The number of urea groups is 1. The van der Waals surface area contributed by atoms with Gasteiger partial charge < -0.3 is 0 Å². The molecule has 1 aliphatic heterocycles. The van der Waals surface area contributed by atoms with Crippen LogP contribution in [0.25, 0.3) is 0 Å². The largest absolute Gasteiger partial charge is 0.367 e. The van der Waals surface area contributed by atoms with Gasteiger partial charge in [-0.1, -0.05) is 11.2 Å². The maximum Gasteiger partial charge on any atom is 0.367 e. The quantitative estimate of drug-likeness (QED) is 0.601. The summed E-state index contributed by atoms with van der Waals surface area (Å²) in [5.74, 6) is 0. The first-order valence-corrected chi connectivity index (χ1v) is 3.21. The van der Waals surface area contributed by atoms with Gasteiger partial charge in [0, 0.05) is 6.20 Å². The van der Waals surface area contributed by atoms with Crippen molar-refractivity contribution in [3.63, 3.8) is 0 Å². The second-order valence-electron chi connectivity index (χ2n) is 2.02. The number of hydrogen-bond acceptors (Lipinski definition) is 2. The van der Waals surface area contributed by atoms with Crippen molar-refractivity contribution in [1.29, 1.82) is 0 Å². The molecule has 4 nitrogen and oxygen atoms in total. The highest BCUT2D eigenvalue weighted by atomic mass is 19.1. The summed E-state index contributed by atoms with van der Waals surface area (Å²) >= 11 is 0. The van der Waals surface area contributed by atoms with Crippen molar-refractivity contribution in [2.75, 3.05) is 6.67 Å². The molecule has 11 heavy (non-hydrogen) atoms. The third kappa shape index (κ3) is 1.42. The van der Waals surface area contributed by atoms with Crippen molar-refractivity contribution in [2.24, 2.45) is 10.2 Å². The Morgan fingerprint density at radius 3 is 3.09 bits per heavy atom. The zero-order valence-corrected chi connectivity index (χ0v) is 6.07. The number of carbonyl (C=O) groups is 1. The van der Waals surface area contributed by atoms with E-state index >= 15 is 0 Å². The van der Waals surface area contributed by atoms with Crippen LogP contribution < -0.4 is 0 Å². The Kier molecular flexibility index (Phi) is 2.30. The van der Waals surface area contributed by atoms with Gasteiger partial charge in [0.25, 0.3) is 0 Å². The summed E-state index contributed by atoms with van der Waals surface area (Å²) in [7, 11) is 0. The number of rotatable bonds is 2. The number of hydrogen-bond donors (Lipinski definition) is 0. The minimum absolute atomic E-state index is 0.509. The molecular weight excluding hydrogens is 149 g/mol. The third-order valence-electron chi connectivity index (χ3n) is 1.27. The van der Waals surface area contributed by atoms with E-state index in [9.17, 15) is 9.18 Å². The first kappa shape index (κ1) is 7.84. The molecule has 1 heterocycles. The fraction of sp³-hybridized carbons (Fsp3) is 0.500. The molecule has 1 rings (SSSR count). The summed E-state index contributed by atoms with van der Waals surface area (Å²) in [4.78, 5) is 11.9. The van der Waals surface area contributed by atoms with Crippen LogP contribution in [0, 0.1) is 0 Å². The van der Waals surface area contributed by atoms with Crippen LogP contribution >= 0.6 is 0 Å². The van der Waals surface area contributed by atoms with E-state index in [4.69, 9.17) is 0 Å². The fourth-order valence-electron chi connectivity index (χ4n) is 0.780. The normalized spacial score (nSPS) is 24.0. The van der Waals surface area contributed by atoms with Crippen LogP contribution in [0.1, 0.15) is 6.92 Å². The van der Waals surface area contributed by atoms with Crippen molar-refractivity contribution in [3.05, 3.63) is 12.3 Å². The smallest absolute Gasteiger partial charge is 0.271 e. The van der Waals surface area contributed by atoms with E-state index in [2.05, 4.69) is 10.2 Å². The zero-order valence-electron chi connectivity index (χ0n) is 6.07. The summed E-state index contributed by atoms with van der Waals surface area (Å²) in [6.45, 7) is 1.04. The molecule has 5 heteroatoms. The van der Waals surface area contributed by atoms with Crippen molar-refractivity contribution in [3.8, 4) is 0 Å². The van der Waals surface area contributed by atoms with Crippen LogP contribution in [0.5, 0.6) is 0 Å². The number of azo groups is 1. The SMILES string of the molecule is CC=CN1C(=O)N=NC1CF. The molecule has 0 radical (unpaired) electrons. The van der Waals surface area contributed by atoms with Gasteiger partial charge in [-0.05, 0) is 6.92 Å². The lowest BCUT2D eigenvalue weighted by Crippen LogP contribution is -2.29. The van der Waals surface area contributed by atoms with Gasteiger partial charge in [0.05, 0.1) is 0 Å². The van der Waals surface area contributed by atoms with Gasteiger partial charge in [0.1, 0.15) is 6.67 Å². The van der Waals surface area contributed by atoms with Crippen LogP contribution in [0.2, 0.25) is 0 Å². The van der Waals surface area contributed by atoms with Gasteiger partial charge in [-0.15, -0.1) is 0 Å². The van der Waals surface area contributed by atoms with E-state index < -0.39 is 18.9 Å². The third-order valence-corrected chi connectivity index (χ3v) is 1.27. The summed E-state index contributed by atoms with van der Waals surface area (Å²) in [5, 5.41) is 6.62. The molecule has 0 aromatic rings. The van der Waals surface area contributed by atoms with Crippen molar-refractivity contribution < 1.29 is 9.18 Å². The van der Waals surface area contributed by atoms with Crippen LogP contribution in [0.4, 0.5) is 9.18 Å².